The number of hydrogen-bond donors (Lipinski definition) is 2. The van der Waals surface area contributed by atoms with E-state index in [0.717, 1.165) is 12.0 Å². The Morgan fingerprint density at radius 1 is 1.31 bits per heavy atom. The molecule has 1 saturated heterocycles. The summed E-state index contributed by atoms with van der Waals surface area (Å²) < 4.78 is 12.9. The smallest absolute Gasteiger partial charge is 0.220 e. The molecular formula is C25H29N7O3. The van der Waals surface area contributed by atoms with Crippen LogP contribution in [-0.4, -0.2) is 54.0 Å². The number of methoxy groups -OCH3 is 2. The van der Waals surface area contributed by atoms with Gasteiger partial charge in [0.1, 0.15) is 22.5 Å². The summed E-state index contributed by atoms with van der Waals surface area (Å²) in [5.41, 5.74) is 10.6. The molecule has 1 aliphatic heterocycles. The molecule has 1 amide bonds. The molecule has 182 valence electrons. The number of benzene rings is 1. The van der Waals surface area contributed by atoms with E-state index in [0.29, 0.717) is 58.1 Å². The molecule has 3 aromatic rings. The molecule has 35 heavy (non-hydrogen) atoms. The van der Waals surface area contributed by atoms with Crippen LogP contribution >= 0.6 is 0 Å². The van der Waals surface area contributed by atoms with E-state index in [-0.39, 0.29) is 11.9 Å². The van der Waals surface area contributed by atoms with E-state index in [1.165, 1.54) is 6.20 Å². The maximum atomic E-state index is 11.9. The average Bonchev–Trinajstić information content (AvgIpc) is 3.29. The molecule has 10 heteroatoms. The van der Waals surface area contributed by atoms with Gasteiger partial charge in [0.05, 0.1) is 31.8 Å². The predicted octanol–water partition coefficient (Wildman–Crippen LogP) is 2.27. The molecule has 0 radical (unpaired) electrons. The Balaban J connectivity index is 1.96. The molecule has 2 aromatic heterocycles. The first-order chi connectivity index (χ1) is 17.0. The number of nitrogens with one attached hydrogen (secondary N) is 1. The van der Waals surface area contributed by atoms with Crippen LogP contribution in [0.15, 0.2) is 46.6 Å². The highest BCUT2D eigenvalue weighted by atomic mass is 16.5. The number of aromatic nitrogens is 3. The second-order valence-electron chi connectivity index (χ2n) is 8.16. The van der Waals surface area contributed by atoms with Crippen molar-refractivity contribution < 1.29 is 14.3 Å². The second kappa shape index (κ2) is 10.4. The number of nitrogens with two attached hydrogens (primary N) is 1. The summed E-state index contributed by atoms with van der Waals surface area (Å²) in [4.78, 5) is 30.3. The first kappa shape index (κ1) is 23.9. The van der Waals surface area contributed by atoms with Crippen LogP contribution in [0.2, 0.25) is 0 Å². The summed E-state index contributed by atoms with van der Waals surface area (Å²) in [6.07, 6.45) is 5.98. The quantitative estimate of drug-likeness (QED) is 0.505. The molecule has 4 rings (SSSR count). The van der Waals surface area contributed by atoms with Crippen LogP contribution in [0.25, 0.3) is 16.7 Å². The highest BCUT2D eigenvalue weighted by molar-refractivity contribution is 6.08. The van der Waals surface area contributed by atoms with Crippen LogP contribution in [0.5, 0.6) is 11.5 Å². The molecule has 0 spiro atoms. The lowest BCUT2D eigenvalue weighted by molar-refractivity contribution is -0.119. The van der Waals surface area contributed by atoms with Gasteiger partial charge in [0, 0.05) is 61.7 Å². The largest absolute Gasteiger partial charge is 0.497 e. The molecule has 1 atom stereocenters. The molecule has 0 aliphatic carbocycles. The molecule has 10 nitrogen and oxygen atoms in total. The third kappa shape index (κ3) is 5.01. The van der Waals surface area contributed by atoms with Gasteiger partial charge >= 0.3 is 0 Å². The van der Waals surface area contributed by atoms with E-state index in [1.54, 1.807) is 33.7 Å². The first-order valence-electron chi connectivity index (χ1n) is 11.2. The third-order valence-corrected chi connectivity index (χ3v) is 5.93. The number of fused-ring (bicyclic) bond motifs is 1. The van der Waals surface area contributed by atoms with Gasteiger partial charge in [-0.2, -0.15) is 0 Å². The number of aliphatic imine (C=N–C) groups is 1. The lowest BCUT2D eigenvalue weighted by atomic mass is 10.1. The summed E-state index contributed by atoms with van der Waals surface area (Å²) in [7, 11) is 4.89. The molecular weight excluding hydrogens is 446 g/mol. The van der Waals surface area contributed by atoms with E-state index >= 15 is 0 Å². The summed E-state index contributed by atoms with van der Waals surface area (Å²) in [5.74, 6) is 1.36. The summed E-state index contributed by atoms with van der Waals surface area (Å²) in [5, 5.41) is 3.03. The van der Waals surface area contributed by atoms with Crippen molar-refractivity contribution in [1.82, 2.24) is 19.9 Å². The molecule has 1 aliphatic rings. The predicted molar refractivity (Wildman–Crippen MR) is 135 cm³/mol. The van der Waals surface area contributed by atoms with Crippen LogP contribution in [0.1, 0.15) is 24.1 Å². The van der Waals surface area contributed by atoms with E-state index in [4.69, 9.17) is 25.2 Å². The van der Waals surface area contributed by atoms with Crippen molar-refractivity contribution in [3.63, 3.8) is 0 Å². The van der Waals surface area contributed by atoms with Crippen molar-refractivity contribution >= 4 is 34.5 Å². The van der Waals surface area contributed by atoms with Gasteiger partial charge in [0.25, 0.3) is 0 Å². The van der Waals surface area contributed by atoms with Crippen molar-refractivity contribution in [2.75, 3.05) is 21.3 Å². The molecule has 1 fully saturated rings. The normalized spacial score (nSPS) is 16.8. The molecule has 1 aromatic carbocycles. The number of amides is 1. The van der Waals surface area contributed by atoms with Gasteiger partial charge in [-0.3, -0.25) is 14.8 Å². The fourth-order valence-corrected chi connectivity index (χ4v) is 4.06. The fraction of sp³-hybridized carbons (Fsp3) is 0.320. The van der Waals surface area contributed by atoms with Crippen molar-refractivity contribution in [3.05, 3.63) is 53.4 Å². The maximum absolute atomic E-state index is 11.9. The number of hydrogen-bond acceptors (Lipinski definition) is 8. The Morgan fingerprint density at radius 3 is 2.80 bits per heavy atom. The van der Waals surface area contributed by atoms with Gasteiger partial charge in [-0.05, 0) is 25.5 Å². The number of carbonyl (C=O) groups excluding carboxylic acids is 1. The minimum absolute atomic E-state index is 0.0415. The van der Waals surface area contributed by atoms with E-state index < -0.39 is 0 Å². The minimum Gasteiger partial charge on any atom is -0.497 e. The van der Waals surface area contributed by atoms with Crippen LogP contribution in [0.4, 0.5) is 5.69 Å². The number of nitrogens with zero attached hydrogens (tertiary/aromatic N) is 5. The van der Waals surface area contributed by atoms with Gasteiger partial charge in [-0.25, -0.2) is 9.98 Å². The SMILES string of the molecule is CN=CC(=CN)c1cnc2ccc(=Nc3cc(OC)cc(OC)c3C)n(CC3CCC(=O)N3)c2n1. The number of allylic oxidation sites excluding steroid dienone is 1. The number of rotatable bonds is 7. The summed E-state index contributed by atoms with van der Waals surface area (Å²) in [6.45, 7) is 2.43. The molecule has 0 saturated carbocycles. The molecule has 3 heterocycles. The molecule has 3 N–H and O–H groups in total. The van der Waals surface area contributed by atoms with Gasteiger partial charge in [-0.15, -0.1) is 0 Å². The lowest BCUT2D eigenvalue weighted by Crippen LogP contribution is -2.34. The summed E-state index contributed by atoms with van der Waals surface area (Å²) >= 11 is 0. The van der Waals surface area contributed by atoms with Crippen LogP contribution in [-0.2, 0) is 11.3 Å². The molecule has 1 unspecified atom stereocenters. The van der Waals surface area contributed by atoms with Crippen molar-refractivity contribution in [1.29, 1.82) is 0 Å². The van der Waals surface area contributed by atoms with Crippen molar-refractivity contribution in [2.45, 2.75) is 32.4 Å². The Kier molecular flexibility index (Phi) is 7.09. The monoisotopic (exact) mass is 475 g/mol. The lowest BCUT2D eigenvalue weighted by Gasteiger charge is -2.17. The van der Waals surface area contributed by atoms with E-state index in [9.17, 15) is 4.79 Å². The second-order valence-corrected chi connectivity index (χ2v) is 8.16. The minimum atomic E-state index is -0.0415. The van der Waals surface area contributed by atoms with Crippen molar-refractivity contribution in [3.8, 4) is 11.5 Å². The first-order valence-corrected chi connectivity index (χ1v) is 11.2. The number of carbonyl (C=O) groups is 1. The van der Waals surface area contributed by atoms with Crippen LogP contribution in [0, 0.1) is 6.92 Å². The fourth-order valence-electron chi connectivity index (χ4n) is 4.06. The highest BCUT2D eigenvalue weighted by Gasteiger charge is 2.22. The van der Waals surface area contributed by atoms with Crippen LogP contribution in [0.3, 0.4) is 0 Å². The number of pyridine rings is 1. The van der Waals surface area contributed by atoms with Gasteiger partial charge in [0.15, 0.2) is 5.65 Å². The number of ether oxygens (including phenoxy) is 2. The third-order valence-electron chi connectivity index (χ3n) is 5.93. The summed E-state index contributed by atoms with van der Waals surface area (Å²) in [6, 6.07) is 7.41. The van der Waals surface area contributed by atoms with Gasteiger partial charge < -0.3 is 25.1 Å². The average molecular weight is 476 g/mol. The van der Waals surface area contributed by atoms with Crippen LogP contribution < -0.4 is 26.0 Å². The Bertz CT molecular complexity index is 1390. The zero-order valence-corrected chi connectivity index (χ0v) is 20.3. The Morgan fingerprint density at radius 2 is 2.14 bits per heavy atom. The topological polar surface area (TPSA) is 129 Å². The Hall–Kier alpha value is -4.21. The van der Waals surface area contributed by atoms with E-state index in [1.807, 2.05) is 35.8 Å². The Labute approximate surface area is 203 Å². The van der Waals surface area contributed by atoms with Crippen molar-refractivity contribution in [2.24, 2.45) is 15.7 Å². The zero-order chi connectivity index (χ0) is 24.9. The molecule has 0 bridgehead atoms. The van der Waals surface area contributed by atoms with Gasteiger partial charge in [0.2, 0.25) is 5.91 Å². The standard InChI is InChI=1S/C25H29N7O3/c1-15-20(9-18(34-3)10-22(15)35-4)30-23-7-6-19-25(32(23)14-17-5-8-24(33)29-17)31-21(13-28-19)16(11-26)12-27-2/h6-7,9-13,17H,5,8,14,26H2,1-4H3,(H,29,33). The highest BCUT2D eigenvalue weighted by Crippen LogP contribution is 2.33. The maximum Gasteiger partial charge on any atom is 0.220 e. The van der Waals surface area contributed by atoms with Gasteiger partial charge in [-0.1, -0.05) is 0 Å². The zero-order valence-electron chi connectivity index (χ0n) is 20.3. The van der Waals surface area contributed by atoms with E-state index in [2.05, 4.69) is 15.3 Å².